The normalized spacial score (nSPS) is 13.0. The monoisotopic (exact) mass is 301 g/mol. The van der Waals surface area contributed by atoms with E-state index >= 15 is 0 Å². The highest BCUT2D eigenvalue weighted by atomic mass is 16.3. The minimum Gasteiger partial charge on any atom is -0.394 e. The van der Waals surface area contributed by atoms with E-state index < -0.39 is 0 Å². The van der Waals surface area contributed by atoms with Gasteiger partial charge in [0, 0.05) is 18.9 Å². The van der Waals surface area contributed by atoms with Crippen molar-refractivity contribution < 1.29 is 5.11 Å². The first kappa shape index (κ1) is 16.0. The molecular formula is C16H23N5O. The van der Waals surface area contributed by atoms with E-state index in [0.29, 0.717) is 12.5 Å². The highest BCUT2D eigenvalue weighted by molar-refractivity contribution is 5.80. The molecule has 2 rings (SSSR count). The predicted molar refractivity (Wildman–Crippen MR) is 88.2 cm³/mol. The predicted octanol–water partition coefficient (Wildman–Crippen LogP) is 1.48. The quantitative estimate of drug-likeness (QED) is 0.558. The first-order chi connectivity index (χ1) is 10.7. The molecule has 2 aromatic rings. The van der Waals surface area contributed by atoms with E-state index in [4.69, 9.17) is 5.11 Å². The minimum atomic E-state index is 0.0414. The summed E-state index contributed by atoms with van der Waals surface area (Å²) in [6.07, 6.45) is 3.68. The van der Waals surface area contributed by atoms with Crippen LogP contribution in [0.3, 0.4) is 0 Å². The van der Waals surface area contributed by atoms with Crippen molar-refractivity contribution in [1.82, 2.24) is 20.4 Å². The third-order valence-corrected chi connectivity index (χ3v) is 3.21. The summed E-state index contributed by atoms with van der Waals surface area (Å²) in [6.45, 7) is 5.29. The van der Waals surface area contributed by atoms with Crippen LogP contribution in [-0.2, 0) is 0 Å². The van der Waals surface area contributed by atoms with Crippen LogP contribution in [0.25, 0.3) is 5.69 Å². The molecule has 0 aliphatic heterocycles. The fraction of sp³-hybridized carbons (Fsp3) is 0.375. The van der Waals surface area contributed by atoms with Crippen molar-refractivity contribution in [2.75, 3.05) is 19.7 Å². The number of rotatable bonds is 6. The van der Waals surface area contributed by atoms with Crippen LogP contribution >= 0.6 is 0 Å². The zero-order valence-corrected chi connectivity index (χ0v) is 13.0. The van der Waals surface area contributed by atoms with Crippen LogP contribution in [0.15, 0.2) is 47.7 Å². The maximum absolute atomic E-state index is 8.90. The van der Waals surface area contributed by atoms with Crippen LogP contribution in [0.2, 0.25) is 0 Å². The van der Waals surface area contributed by atoms with Crippen molar-refractivity contribution in [2.24, 2.45) is 4.99 Å². The standard InChI is InChI=1S/C16H23N5O/c1-3-17-16(18-9-11-22)20-13(2)14-6-4-7-15(12-14)21-10-5-8-19-21/h4-8,10,12-13,22H,3,9,11H2,1-2H3,(H2,17,18,20). The van der Waals surface area contributed by atoms with Gasteiger partial charge in [-0.2, -0.15) is 5.10 Å². The smallest absolute Gasteiger partial charge is 0.191 e. The Kier molecular flexibility index (Phi) is 5.97. The average molecular weight is 301 g/mol. The minimum absolute atomic E-state index is 0.0414. The lowest BCUT2D eigenvalue weighted by Crippen LogP contribution is -2.39. The molecular weight excluding hydrogens is 278 g/mol. The summed E-state index contributed by atoms with van der Waals surface area (Å²) in [7, 11) is 0. The van der Waals surface area contributed by atoms with Crippen molar-refractivity contribution in [3.8, 4) is 5.69 Å². The molecule has 0 bridgehead atoms. The lowest BCUT2D eigenvalue weighted by molar-refractivity contribution is 0.306. The molecule has 0 radical (unpaired) electrons. The zero-order valence-electron chi connectivity index (χ0n) is 13.0. The lowest BCUT2D eigenvalue weighted by atomic mass is 10.1. The van der Waals surface area contributed by atoms with Gasteiger partial charge in [0.05, 0.1) is 24.9 Å². The Labute approximate surface area is 130 Å². The van der Waals surface area contributed by atoms with Gasteiger partial charge in [-0.25, -0.2) is 4.68 Å². The summed E-state index contributed by atoms with van der Waals surface area (Å²) in [5, 5.41) is 19.7. The molecule has 1 heterocycles. The fourth-order valence-corrected chi connectivity index (χ4v) is 2.13. The van der Waals surface area contributed by atoms with Crippen molar-refractivity contribution >= 4 is 5.96 Å². The van der Waals surface area contributed by atoms with Gasteiger partial charge in [-0.15, -0.1) is 0 Å². The van der Waals surface area contributed by atoms with E-state index in [9.17, 15) is 0 Å². The van der Waals surface area contributed by atoms with Gasteiger partial charge in [0.2, 0.25) is 0 Å². The summed E-state index contributed by atoms with van der Waals surface area (Å²) in [5.41, 5.74) is 2.16. The van der Waals surface area contributed by atoms with Crippen molar-refractivity contribution in [2.45, 2.75) is 19.9 Å². The largest absolute Gasteiger partial charge is 0.394 e. The van der Waals surface area contributed by atoms with E-state index in [-0.39, 0.29) is 12.6 Å². The molecule has 0 aliphatic rings. The number of aliphatic imine (C=N–C) groups is 1. The van der Waals surface area contributed by atoms with Gasteiger partial charge in [0.25, 0.3) is 0 Å². The molecule has 1 aromatic heterocycles. The van der Waals surface area contributed by atoms with Gasteiger partial charge in [-0.05, 0) is 37.6 Å². The molecule has 6 nitrogen and oxygen atoms in total. The Morgan fingerprint density at radius 3 is 2.95 bits per heavy atom. The Hall–Kier alpha value is -2.34. The second kappa shape index (κ2) is 8.19. The van der Waals surface area contributed by atoms with Crippen molar-refractivity contribution in [1.29, 1.82) is 0 Å². The summed E-state index contributed by atoms with van der Waals surface area (Å²) in [5.74, 6) is 0.702. The van der Waals surface area contributed by atoms with Gasteiger partial charge in [-0.3, -0.25) is 4.99 Å². The third-order valence-electron chi connectivity index (χ3n) is 3.21. The average Bonchev–Trinajstić information content (AvgIpc) is 3.07. The summed E-state index contributed by atoms with van der Waals surface area (Å²) < 4.78 is 1.83. The molecule has 1 atom stereocenters. The summed E-state index contributed by atoms with van der Waals surface area (Å²) >= 11 is 0. The zero-order chi connectivity index (χ0) is 15.8. The molecule has 0 spiro atoms. The number of nitrogens with zero attached hydrogens (tertiary/aromatic N) is 3. The number of nitrogens with one attached hydrogen (secondary N) is 2. The molecule has 0 aliphatic carbocycles. The number of benzene rings is 1. The molecule has 6 heteroatoms. The number of hydrogen-bond acceptors (Lipinski definition) is 3. The Morgan fingerprint density at radius 2 is 2.27 bits per heavy atom. The van der Waals surface area contributed by atoms with Gasteiger partial charge in [-0.1, -0.05) is 12.1 Å². The van der Waals surface area contributed by atoms with E-state index in [2.05, 4.69) is 39.8 Å². The maximum atomic E-state index is 8.90. The number of aliphatic hydroxyl groups excluding tert-OH is 1. The third kappa shape index (κ3) is 4.33. The molecule has 22 heavy (non-hydrogen) atoms. The topological polar surface area (TPSA) is 74.5 Å². The SMILES string of the molecule is CCNC(=NCCO)NC(C)c1cccc(-n2cccn2)c1. The highest BCUT2D eigenvalue weighted by Crippen LogP contribution is 2.16. The number of aromatic nitrogens is 2. The molecule has 0 amide bonds. The number of guanidine groups is 1. The molecule has 0 fully saturated rings. The molecule has 118 valence electrons. The molecule has 1 unspecified atom stereocenters. The van der Waals surface area contributed by atoms with E-state index in [1.165, 1.54) is 0 Å². The van der Waals surface area contributed by atoms with Crippen molar-refractivity contribution in [3.05, 3.63) is 48.3 Å². The lowest BCUT2D eigenvalue weighted by Gasteiger charge is -2.18. The number of hydrogen-bond donors (Lipinski definition) is 3. The van der Waals surface area contributed by atoms with Gasteiger partial charge >= 0.3 is 0 Å². The van der Waals surface area contributed by atoms with Crippen LogP contribution in [0.5, 0.6) is 0 Å². The van der Waals surface area contributed by atoms with Gasteiger partial charge in [0.1, 0.15) is 0 Å². The van der Waals surface area contributed by atoms with Crippen LogP contribution in [0.4, 0.5) is 0 Å². The second-order valence-electron chi connectivity index (χ2n) is 4.90. The molecule has 3 N–H and O–H groups in total. The van der Waals surface area contributed by atoms with E-state index in [0.717, 1.165) is 17.8 Å². The van der Waals surface area contributed by atoms with E-state index in [1.54, 1.807) is 6.20 Å². The van der Waals surface area contributed by atoms with Crippen molar-refractivity contribution in [3.63, 3.8) is 0 Å². The van der Waals surface area contributed by atoms with Crippen LogP contribution in [0.1, 0.15) is 25.5 Å². The second-order valence-corrected chi connectivity index (χ2v) is 4.90. The van der Waals surface area contributed by atoms with Gasteiger partial charge < -0.3 is 15.7 Å². The first-order valence-corrected chi connectivity index (χ1v) is 7.50. The fourth-order valence-electron chi connectivity index (χ4n) is 2.13. The van der Waals surface area contributed by atoms with Gasteiger partial charge in [0.15, 0.2) is 5.96 Å². The Bertz CT molecular complexity index is 594. The Balaban J connectivity index is 2.11. The Morgan fingerprint density at radius 1 is 1.41 bits per heavy atom. The van der Waals surface area contributed by atoms with Crippen LogP contribution in [-0.4, -0.2) is 40.5 Å². The molecule has 0 saturated heterocycles. The van der Waals surface area contributed by atoms with Crippen LogP contribution < -0.4 is 10.6 Å². The maximum Gasteiger partial charge on any atom is 0.191 e. The van der Waals surface area contributed by atoms with Crippen LogP contribution in [0, 0.1) is 0 Å². The summed E-state index contributed by atoms with van der Waals surface area (Å²) in [6, 6.07) is 10.2. The number of aliphatic hydroxyl groups is 1. The van der Waals surface area contributed by atoms with E-state index in [1.807, 2.05) is 36.0 Å². The molecule has 1 aromatic carbocycles. The molecule has 0 saturated carbocycles. The summed E-state index contributed by atoms with van der Waals surface area (Å²) in [4.78, 5) is 4.30. The first-order valence-electron chi connectivity index (χ1n) is 7.50. The highest BCUT2D eigenvalue weighted by Gasteiger charge is 2.09.